The Balaban J connectivity index is 2.34. The molecule has 1 aromatic rings. The molecule has 1 radical (unpaired) electrons. The second-order valence-corrected chi connectivity index (χ2v) is 3.52. The zero-order chi connectivity index (χ0) is 8.55. The summed E-state index contributed by atoms with van der Waals surface area (Å²) in [5.74, 6) is 1.62. The quantitative estimate of drug-likeness (QED) is 0.568. The Morgan fingerprint density at radius 2 is 2.33 bits per heavy atom. The topological polar surface area (TPSA) is 9.23 Å². The van der Waals surface area contributed by atoms with Crippen LogP contribution in [0.5, 0.6) is 5.75 Å². The maximum Gasteiger partial charge on any atom is 0.123 e. The van der Waals surface area contributed by atoms with Crippen molar-refractivity contribution in [1.29, 1.82) is 0 Å². The molecule has 0 N–H and O–H groups in total. The lowest BCUT2D eigenvalue weighted by atomic mass is 9.93. The molecule has 0 bridgehead atoms. The first-order chi connectivity index (χ1) is 5.77. The van der Waals surface area contributed by atoms with E-state index in [1.165, 1.54) is 5.56 Å². The van der Waals surface area contributed by atoms with Gasteiger partial charge in [-0.1, -0.05) is 19.1 Å². The summed E-state index contributed by atoms with van der Waals surface area (Å²) >= 11 is 0. The average molecular weight is 161 g/mol. The van der Waals surface area contributed by atoms with Gasteiger partial charge >= 0.3 is 0 Å². The molecule has 12 heavy (non-hydrogen) atoms. The predicted octanol–water partition coefficient (Wildman–Crippen LogP) is 2.45. The molecule has 0 aromatic heterocycles. The summed E-state index contributed by atoms with van der Waals surface area (Å²) in [6, 6.07) is 9.16. The minimum atomic E-state index is 0.341. The van der Waals surface area contributed by atoms with Crippen LogP contribution in [0.4, 0.5) is 0 Å². The minimum Gasteiger partial charge on any atom is -0.490 e. The van der Waals surface area contributed by atoms with Crippen LogP contribution in [0.1, 0.15) is 19.4 Å². The first-order valence-electron chi connectivity index (χ1n) is 4.43. The molecule has 0 aliphatic carbocycles. The average Bonchev–Trinajstić information content (AvgIpc) is 2.07. The molecular weight excluding hydrogens is 148 g/mol. The van der Waals surface area contributed by atoms with Crippen LogP contribution >= 0.6 is 0 Å². The van der Waals surface area contributed by atoms with Crippen LogP contribution in [-0.4, -0.2) is 6.10 Å². The first kappa shape index (κ1) is 7.66. The third-order valence-corrected chi connectivity index (χ3v) is 2.54. The fraction of sp³-hybridized carbons (Fsp3) is 0.455. The van der Waals surface area contributed by atoms with Crippen molar-refractivity contribution in [2.75, 3.05) is 0 Å². The molecule has 0 fully saturated rings. The van der Waals surface area contributed by atoms with Crippen LogP contribution in [0, 0.1) is 12.0 Å². The Kier molecular flexibility index (Phi) is 1.80. The second-order valence-electron chi connectivity index (χ2n) is 3.52. The van der Waals surface area contributed by atoms with Gasteiger partial charge < -0.3 is 4.74 Å². The number of hydrogen-bond acceptors (Lipinski definition) is 1. The summed E-state index contributed by atoms with van der Waals surface area (Å²) in [5, 5.41) is 0. The number of hydrogen-bond donors (Lipinski definition) is 0. The van der Waals surface area contributed by atoms with E-state index in [9.17, 15) is 0 Å². The van der Waals surface area contributed by atoms with Crippen LogP contribution < -0.4 is 4.74 Å². The summed E-state index contributed by atoms with van der Waals surface area (Å²) in [6.45, 7) is 4.34. The zero-order valence-electron chi connectivity index (χ0n) is 7.50. The third-order valence-electron chi connectivity index (χ3n) is 2.54. The summed E-state index contributed by atoms with van der Waals surface area (Å²) in [4.78, 5) is 0. The molecule has 1 heteroatoms. The number of ether oxygens (including phenoxy) is 1. The van der Waals surface area contributed by atoms with Gasteiger partial charge in [-0.3, -0.25) is 0 Å². The Bertz CT molecular complexity index is 251. The molecule has 1 heterocycles. The van der Waals surface area contributed by atoms with Crippen molar-refractivity contribution in [3.63, 3.8) is 0 Å². The molecule has 1 aliphatic heterocycles. The molecule has 0 spiro atoms. The van der Waals surface area contributed by atoms with E-state index in [0.29, 0.717) is 12.0 Å². The van der Waals surface area contributed by atoms with Gasteiger partial charge in [0.15, 0.2) is 0 Å². The normalized spacial score (nSPS) is 27.5. The van der Waals surface area contributed by atoms with Crippen molar-refractivity contribution < 1.29 is 4.74 Å². The molecule has 2 atom stereocenters. The molecule has 2 unspecified atom stereocenters. The highest BCUT2D eigenvalue weighted by Gasteiger charge is 2.22. The smallest absolute Gasteiger partial charge is 0.123 e. The molecule has 63 valence electrons. The Labute approximate surface area is 73.4 Å². The monoisotopic (exact) mass is 161 g/mol. The highest BCUT2D eigenvalue weighted by atomic mass is 16.5. The molecule has 2 rings (SSSR count). The number of fused-ring (bicyclic) bond motifs is 1. The Morgan fingerprint density at radius 1 is 1.50 bits per heavy atom. The number of rotatable bonds is 0. The fourth-order valence-corrected chi connectivity index (χ4v) is 1.53. The van der Waals surface area contributed by atoms with Gasteiger partial charge in [0, 0.05) is 5.56 Å². The van der Waals surface area contributed by atoms with Gasteiger partial charge in [-0.25, -0.2) is 0 Å². The van der Waals surface area contributed by atoms with Gasteiger partial charge in [-0.2, -0.15) is 0 Å². The van der Waals surface area contributed by atoms with Crippen molar-refractivity contribution in [1.82, 2.24) is 0 Å². The van der Waals surface area contributed by atoms with E-state index < -0.39 is 0 Å². The lowest BCUT2D eigenvalue weighted by Gasteiger charge is -2.28. The Morgan fingerprint density at radius 3 is 3.17 bits per heavy atom. The van der Waals surface area contributed by atoms with E-state index in [4.69, 9.17) is 4.74 Å². The fourth-order valence-electron chi connectivity index (χ4n) is 1.53. The Hall–Kier alpha value is -0.980. The molecule has 1 aliphatic rings. The van der Waals surface area contributed by atoms with Crippen LogP contribution in [0.3, 0.4) is 0 Å². The summed E-state index contributed by atoms with van der Waals surface area (Å²) in [7, 11) is 0. The standard InChI is InChI=1S/C11H13O/c1-8-7-10-5-3-4-6-11(10)12-9(8)2/h3-4,6,8-9H,7H2,1-2H3. The summed E-state index contributed by atoms with van der Waals surface area (Å²) < 4.78 is 5.71. The van der Waals surface area contributed by atoms with Crippen LogP contribution in [0.15, 0.2) is 18.2 Å². The predicted molar refractivity (Wildman–Crippen MR) is 48.2 cm³/mol. The molecular formula is C11H13O. The largest absolute Gasteiger partial charge is 0.490 e. The molecule has 1 aromatic carbocycles. The van der Waals surface area contributed by atoms with E-state index >= 15 is 0 Å². The van der Waals surface area contributed by atoms with Crippen LogP contribution in [0.25, 0.3) is 0 Å². The highest BCUT2D eigenvalue weighted by molar-refractivity contribution is 5.34. The van der Waals surface area contributed by atoms with Crippen molar-refractivity contribution in [2.45, 2.75) is 26.4 Å². The van der Waals surface area contributed by atoms with Crippen LogP contribution in [0.2, 0.25) is 0 Å². The van der Waals surface area contributed by atoms with Crippen molar-refractivity contribution in [3.8, 4) is 5.75 Å². The SMILES string of the molecule is CC1Cc2[c]cccc2OC1C. The van der Waals surface area contributed by atoms with E-state index in [-0.39, 0.29) is 0 Å². The molecule has 0 saturated carbocycles. The molecule has 1 nitrogen and oxygen atoms in total. The second kappa shape index (κ2) is 2.81. The van der Waals surface area contributed by atoms with Gasteiger partial charge in [0.25, 0.3) is 0 Å². The maximum absolute atomic E-state index is 5.71. The maximum atomic E-state index is 5.71. The van der Waals surface area contributed by atoms with E-state index in [2.05, 4.69) is 19.9 Å². The molecule has 0 saturated heterocycles. The van der Waals surface area contributed by atoms with Crippen molar-refractivity contribution in [3.05, 3.63) is 29.8 Å². The highest BCUT2D eigenvalue weighted by Crippen LogP contribution is 2.29. The zero-order valence-corrected chi connectivity index (χ0v) is 7.50. The van der Waals surface area contributed by atoms with Crippen molar-refractivity contribution >= 4 is 0 Å². The van der Waals surface area contributed by atoms with Gasteiger partial charge in [0.1, 0.15) is 5.75 Å². The molecule has 0 amide bonds. The minimum absolute atomic E-state index is 0.341. The van der Waals surface area contributed by atoms with Gasteiger partial charge in [-0.15, -0.1) is 0 Å². The summed E-state index contributed by atoms with van der Waals surface area (Å²) in [6.07, 6.45) is 1.44. The lowest BCUT2D eigenvalue weighted by Crippen LogP contribution is -2.27. The van der Waals surface area contributed by atoms with Gasteiger partial charge in [0.2, 0.25) is 0 Å². The lowest BCUT2D eigenvalue weighted by molar-refractivity contribution is 0.139. The van der Waals surface area contributed by atoms with Gasteiger partial charge in [0.05, 0.1) is 6.10 Å². The van der Waals surface area contributed by atoms with Gasteiger partial charge in [-0.05, 0) is 31.4 Å². The van der Waals surface area contributed by atoms with Crippen LogP contribution in [-0.2, 0) is 6.42 Å². The van der Waals surface area contributed by atoms with E-state index in [1.54, 1.807) is 0 Å². The third kappa shape index (κ3) is 1.20. The first-order valence-corrected chi connectivity index (χ1v) is 4.43. The summed E-state index contributed by atoms with van der Waals surface area (Å²) in [5.41, 5.74) is 1.23. The van der Waals surface area contributed by atoms with E-state index in [0.717, 1.165) is 12.2 Å². The van der Waals surface area contributed by atoms with Crippen molar-refractivity contribution in [2.24, 2.45) is 5.92 Å². The number of benzene rings is 1. The van der Waals surface area contributed by atoms with E-state index in [1.807, 2.05) is 18.2 Å².